The summed E-state index contributed by atoms with van der Waals surface area (Å²) in [6, 6.07) is 6.70. The number of carbonyl (C=O) groups is 1. The van der Waals surface area contributed by atoms with Gasteiger partial charge in [-0.2, -0.15) is 13.2 Å². The Bertz CT molecular complexity index is 797. The number of para-hydroxylation sites is 1. The number of hydrogen-bond acceptors (Lipinski definition) is 4. The zero-order valence-corrected chi connectivity index (χ0v) is 15.0. The lowest BCUT2D eigenvalue weighted by atomic mass is 10.1. The van der Waals surface area contributed by atoms with Gasteiger partial charge in [-0.25, -0.2) is 4.68 Å². The van der Waals surface area contributed by atoms with Gasteiger partial charge < -0.3 is 10.6 Å². The fourth-order valence-corrected chi connectivity index (χ4v) is 3.27. The molecule has 0 spiro atoms. The summed E-state index contributed by atoms with van der Waals surface area (Å²) in [6.07, 6.45) is -3.56. The van der Waals surface area contributed by atoms with Crippen molar-refractivity contribution in [2.75, 3.05) is 18.4 Å². The van der Waals surface area contributed by atoms with Crippen LogP contribution in [0.15, 0.2) is 24.3 Å². The number of halogens is 3. The number of nitrogens with one attached hydrogen (secondary N) is 2. The molecule has 2 N–H and O–H groups in total. The molecule has 1 aliphatic heterocycles. The Morgan fingerprint density at radius 1 is 1.30 bits per heavy atom. The summed E-state index contributed by atoms with van der Waals surface area (Å²) in [6.45, 7) is 3.56. The summed E-state index contributed by atoms with van der Waals surface area (Å²) in [5, 5.41) is 14.1. The van der Waals surface area contributed by atoms with Gasteiger partial charge in [-0.1, -0.05) is 23.4 Å². The Kier molecular flexibility index (Phi) is 5.79. The van der Waals surface area contributed by atoms with Crippen molar-refractivity contribution in [3.05, 3.63) is 41.2 Å². The molecule has 2 heterocycles. The summed E-state index contributed by atoms with van der Waals surface area (Å²) in [5.41, 5.74) is 1.65. The van der Waals surface area contributed by atoms with E-state index in [9.17, 15) is 18.0 Å². The second-order valence-corrected chi connectivity index (χ2v) is 6.68. The molecule has 0 unspecified atom stereocenters. The number of rotatable bonds is 5. The molecular weight excluding hydrogens is 359 g/mol. The van der Waals surface area contributed by atoms with Gasteiger partial charge in [0.05, 0.1) is 11.7 Å². The third-order valence-electron chi connectivity index (χ3n) is 4.74. The average Bonchev–Trinajstić information content (AvgIpc) is 3.02. The van der Waals surface area contributed by atoms with Crippen LogP contribution in [0.2, 0.25) is 0 Å². The van der Waals surface area contributed by atoms with Crippen LogP contribution in [0.1, 0.15) is 47.1 Å². The van der Waals surface area contributed by atoms with E-state index in [0.717, 1.165) is 25.9 Å². The SMILES string of the molecule is Cc1c(C(=O)Nc2ccccc2CCC(F)(F)F)nnn1C1CCNCC1. The number of aromatic nitrogens is 3. The van der Waals surface area contributed by atoms with Crippen molar-refractivity contribution < 1.29 is 18.0 Å². The minimum absolute atomic E-state index is 0.194. The van der Waals surface area contributed by atoms with Crippen molar-refractivity contribution >= 4 is 11.6 Å². The summed E-state index contributed by atoms with van der Waals surface area (Å²) in [5.74, 6) is -0.466. The first kappa shape index (κ1) is 19.3. The van der Waals surface area contributed by atoms with Gasteiger partial charge in [0, 0.05) is 12.1 Å². The van der Waals surface area contributed by atoms with Gasteiger partial charge in [0.25, 0.3) is 5.91 Å². The molecule has 27 heavy (non-hydrogen) atoms. The molecule has 0 bridgehead atoms. The Balaban J connectivity index is 1.73. The maximum Gasteiger partial charge on any atom is 0.389 e. The first-order valence-corrected chi connectivity index (χ1v) is 8.93. The quantitative estimate of drug-likeness (QED) is 0.834. The van der Waals surface area contributed by atoms with Crippen LogP contribution in [0.4, 0.5) is 18.9 Å². The van der Waals surface area contributed by atoms with E-state index in [1.807, 2.05) is 0 Å². The van der Waals surface area contributed by atoms with Crippen molar-refractivity contribution in [1.82, 2.24) is 20.3 Å². The van der Waals surface area contributed by atoms with E-state index >= 15 is 0 Å². The highest BCUT2D eigenvalue weighted by Crippen LogP contribution is 2.26. The smallest absolute Gasteiger partial charge is 0.320 e. The highest BCUT2D eigenvalue weighted by Gasteiger charge is 2.27. The minimum Gasteiger partial charge on any atom is -0.320 e. The van der Waals surface area contributed by atoms with Gasteiger partial charge >= 0.3 is 6.18 Å². The topological polar surface area (TPSA) is 71.8 Å². The maximum absolute atomic E-state index is 12.6. The third-order valence-corrected chi connectivity index (χ3v) is 4.74. The molecule has 1 amide bonds. The number of piperidine rings is 1. The first-order valence-electron chi connectivity index (χ1n) is 8.93. The summed E-state index contributed by atoms with van der Waals surface area (Å²) < 4.78 is 39.3. The van der Waals surface area contributed by atoms with Crippen LogP contribution >= 0.6 is 0 Å². The van der Waals surface area contributed by atoms with Crippen molar-refractivity contribution in [2.24, 2.45) is 0 Å². The summed E-state index contributed by atoms with van der Waals surface area (Å²) in [7, 11) is 0. The van der Waals surface area contributed by atoms with Crippen LogP contribution < -0.4 is 10.6 Å². The van der Waals surface area contributed by atoms with E-state index in [0.29, 0.717) is 16.9 Å². The molecule has 1 fully saturated rings. The molecule has 3 rings (SSSR count). The standard InChI is InChI=1S/C18H22F3N5O/c1-12-16(24-25-26(12)14-7-10-22-11-8-14)17(27)23-15-5-3-2-4-13(15)6-9-18(19,20)21/h2-5,14,22H,6-11H2,1H3,(H,23,27). The summed E-state index contributed by atoms with van der Waals surface area (Å²) in [4.78, 5) is 12.6. The first-order chi connectivity index (χ1) is 12.8. The lowest BCUT2D eigenvalue weighted by Crippen LogP contribution is -2.30. The Labute approximate surface area is 155 Å². The molecule has 1 aliphatic rings. The number of benzene rings is 1. The molecule has 1 aromatic carbocycles. The molecule has 1 aromatic heterocycles. The zero-order valence-electron chi connectivity index (χ0n) is 15.0. The van der Waals surface area contributed by atoms with Gasteiger partial charge in [-0.15, -0.1) is 5.10 Å². The van der Waals surface area contributed by atoms with E-state index in [1.54, 1.807) is 35.9 Å². The predicted octanol–water partition coefficient (Wildman–Crippen LogP) is 3.26. The third kappa shape index (κ3) is 4.85. The van der Waals surface area contributed by atoms with Crippen LogP contribution in [0.5, 0.6) is 0 Å². The number of aryl methyl sites for hydroxylation is 1. The lowest BCUT2D eigenvalue weighted by molar-refractivity contribution is -0.133. The van der Waals surface area contributed by atoms with Gasteiger partial charge in [0.1, 0.15) is 0 Å². The zero-order chi connectivity index (χ0) is 19.4. The van der Waals surface area contributed by atoms with Crippen LogP contribution in [0, 0.1) is 6.92 Å². The monoisotopic (exact) mass is 381 g/mol. The molecule has 9 heteroatoms. The van der Waals surface area contributed by atoms with Crippen molar-refractivity contribution in [3.8, 4) is 0 Å². The van der Waals surface area contributed by atoms with E-state index < -0.39 is 18.5 Å². The molecule has 6 nitrogen and oxygen atoms in total. The fraction of sp³-hybridized carbons (Fsp3) is 0.500. The largest absolute Gasteiger partial charge is 0.389 e. The Morgan fingerprint density at radius 3 is 2.70 bits per heavy atom. The fourth-order valence-electron chi connectivity index (χ4n) is 3.27. The number of carbonyl (C=O) groups excluding carboxylic acids is 1. The molecular formula is C18H22F3N5O. The number of alkyl halides is 3. The molecule has 0 aliphatic carbocycles. The predicted molar refractivity (Wildman–Crippen MR) is 94.7 cm³/mol. The second kappa shape index (κ2) is 8.08. The van der Waals surface area contributed by atoms with Crippen molar-refractivity contribution in [3.63, 3.8) is 0 Å². The van der Waals surface area contributed by atoms with E-state index in [1.165, 1.54) is 0 Å². The van der Waals surface area contributed by atoms with E-state index in [4.69, 9.17) is 0 Å². The Hall–Kier alpha value is -2.42. The maximum atomic E-state index is 12.6. The van der Waals surface area contributed by atoms with Gasteiger partial charge in [0.2, 0.25) is 0 Å². The van der Waals surface area contributed by atoms with Crippen LogP contribution in [-0.4, -0.2) is 40.2 Å². The number of nitrogens with zero attached hydrogens (tertiary/aromatic N) is 3. The number of hydrogen-bond donors (Lipinski definition) is 2. The van der Waals surface area contributed by atoms with Crippen LogP contribution in [-0.2, 0) is 6.42 Å². The number of amides is 1. The average molecular weight is 381 g/mol. The Morgan fingerprint density at radius 2 is 2.00 bits per heavy atom. The molecule has 2 aromatic rings. The molecule has 0 atom stereocenters. The van der Waals surface area contributed by atoms with Crippen molar-refractivity contribution in [1.29, 1.82) is 0 Å². The van der Waals surface area contributed by atoms with E-state index in [-0.39, 0.29) is 18.2 Å². The summed E-state index contributed by atoms with van der Waals surface area (Å²) >= 11 is 0. The lowest BCUT2D eigenvalue weighted by Gasteiger charge is -2.23. The normalized spacial score (nSPS) is 15.7. The highest BCUT2D eigenvalue weighted by atomic mass is 19.4. The van der Waals surface area contributed by atoms with E-state index in [2.05, 4.69) is 20.9 Å². The molecule has 0 radical (unpaired) electrons. The second-order valence-electron chi connectivity index (χ2n) is 6.68. The minimum atomic E-state index is -4.24. The molecule has 1 saturated heterocycles. The van der Waals surface area contributed by atoms with Gasteiger partial charge in [0.15, 0.2) is 5.69 Å². The van der Waals surface area contributed by atoms with Gasteiger partial charge in [-0.3, -0.25) is 4.79 Å². The van der Waals surface area contributed by atoms with Gasteiger partial charge in [-0.05, 0) is 50.9 Å². The van der Waals surface area contributed by atoms with Crippen LogP contribution in [0.25, 0.3) is 0 Å². The molecule has 0 saturated carbocycles. The van der Waals surface area contributed by atoms with Crippen molar-refractivity contribution in [2.45, 2.75) is 44.8 Å². The highest BCUT2D eigenvalue weighted by molar-refractivity contribution is 6.03. The van der Waals surface area contributed by atoms with Crippen LogP contribution in [0.3, 0.4) is 0 Å². The number of anilines is 1. The molecule has 146 valence electrons.